The number of fused-ring (bicyclic) bond motifs is 1. The Bertz CT molecular complexity index is 870. The van der Waals surface area contributed by atoms with Gasteiger partial charge in [0.15, 0.2) is 0 Å². The third-order valence-corrected chi connectivity index (χ3v) is 3.25. The molecule has 112 valence electrons. The standard InChI is InChI=1S/C14H13N5O3/c1-18(13(20)9-19-6-2-5-15-14(19)21)8-10-3-4-11-12(7-10)17-22-16-11/h2-7H,8-9H2,1H3. The first-order valence-electron chi connectivity index (χ1n) is 6.60. The highest BCUT2D eigenvalue weighted by molar-refractivity contribution is 5.76. The summed E-state index contributed by atoms with van der Waals surface area (Å²) in [6.45, 7) is 0.355. The quantitative estimate of drug-likeness (QED) is 0.693. The zero-order valence-corrected chi connectivity index (χ0v) is 11.8. The summed E-state index contributed by atoms with van der Waals surface area (Å²) in [6.07, 6.45) is 2.93. The molecule has 0 aliphatic carbocycles. The lowest BCUT2D eigenvalue weighted by Gasteiger charge is -2.17. The van der Waals surface area contributed by atoms with Crippen LogP contribution in [0.1, 0.15) is 5.56 Å². The summed E-state index contributed by atoms with van der Waals surface area (Å²) >= 11 is 0. The van der Waals surface area contributed by atoms with Crippen molar-refractivity contribution in [1.29, 1.82) is 0 Å². The van der Waals surface area contributed by atoms with Crippen LogP contribution in [0, 0.1) is 0 Å². The lowest BCUT2D eigenvalue weighted by atomic mass is 10.2. The molecule has 0 saturated carbocycles. The maximum absolute atomic E-state index is 12.2. The highest BCUT2D eigenvalue weighted by Crippen LogP contribution is 2.13. The van der Waals surface area contributed by atoms with E-state index >= 15 is 0 Å². The molecule has 22 heavy (non-hydrogen) atoms. The van der Waals surface area contributed by atoms with Gasteiger partial charge in [-0.1, -0.05) is 6.07 Å². The number of amides is 1. The number of carbonyl (C=O) groups is 1. The van der Waals surface area contributed by atoms with Crippen molar-refractivity contribution in [2.75, 3.05) is 7.05 Å². The van der Waals surface area contributed by atoms with Gasteiger partial charge >= 0.3 is 5.69 Å². The maximum atomic E-state index is 12.2. The molecule has 0 aliphatic heterocycles. The van der Waals surface area contributed by atoms with Crippen molar-refractivity contribution in [2.45, 2.75) is 13.1 Å². The van der Waals surface area contributed by atoms with Gasteiger partial charge in [0.25, 0.3) is 0 Å². The minimum atomic E-state index is -0.445. The second kappa shape index (κ2) is 5.76. The summed E-state index contributed by atoms with van der Waals surface area (Å²) in [7, 11) is 1.68. The van der Waals surface area contributed by atoms with E-state index in [2.05, 4.69) is 19.9 Å². The Morgan fingerprint density at radius 1 is 1.32 bits per heavy atom. The van der Waals surface area contributed by atoms with Gasteiger partial charge in [-0.2, -0.15) is 0 Å². The van der Waals surface area contributed by atoms with Gasteiger partial charge in [0.05, 0.1) is 0 Å². The summed E-state index contributed by atoms with van der Waals surface area (Å²) in [5, 5.41) is 7.50. The lowest BCUT2D eigenvalue weighted by Crippen LogP contribution is -2.34. The fourth-order valence-corrected chi connectivity index (χ4v) is 2.06. The van der Waals surface area contributed by atoms with Crippen LogP contribution in [-0.2, 0) is 17.9 Å². The van der Waals surface area contributed by atoms with Crippen molar-refractivity contribution < 1.29 is 9.42 Å². The van der Waals surface area contributed by atoms with Crippen molar-refractivity contribution in [3.63, 3.8) is 0 Å². The van der Waals surface area contributed by atoms with Crippen molar-refractivity contribution >= 4 is 16.9 Å². The number of likely N-dealkylation sites (N-methyl/N-ethyl adjacent to an activating group) is 1. The number of hydrogen-bond donors (Lipinski definition) is 0. The Balaban J connectivity index is 1.70. The third kappa shape index (κ3) is 2.85. The molecule has 2 aromatic heterocycles. The molecule has 8 heteroatoms. The van der Waals surface area contributed by atoms with Crippen molar-refractivity contribution in [3.8, 4) is 0 Å². The molecule has 8 nitrogen and oxygen atoms in total. The van der Waals surface area contributed by atoms with Gasteiger partial charge in [-0.15, -0.1) is 0 Å². The molecule has 0 atom stereocenters. The lowest BCUT2D eigenvalue weighted by molar-refractivity contribution is -0.131. The van der Waals surface area contributed by atoms with Gasteiger partial charge in [-0.05, 0) is 34.1 Å². The monoisotopic (exact) mass is 299 g/mol. The Hall–Kier alpha value is -3.03. The fraction of sp³-hybridized carbons (Fsp3) is 0.214. The molecule has 3 rings (SSSR count). The molecule has 0 radical (unpaired) electrons. The average molecular weight is 299 g/mol. The number of aromatic nitrogens is 4. The SMILES string of the molecule is CN(Cc1ccc2nonc2c1)C(=O)Cn1cccnc1=O. The summed E-state index contributed by atoms with van der Waals surface area (Å²) < 4.78 is 5.91. The molecule has 0 N–H and O–H groups in total. The van der Waals surface area contributed by atoms with E-state index in [-0.39, 0.29) is 12.5 Å². The number of rotatable bonds is 4. The zero-order chi connectivity index (χ0) is 15.5. The van der Waals surface area contributed by atoms with Crippen LogP contribution in [0.2, 0.25) is 0 Å². The van der Waals surface area contributed by atoms with E-state index in [1.807, 2.05) is 12.1 Å². The van der Waals surface area contributed by atoms with Gasteiger partial charge in [0.1, 0.15) is 17.6 Å². The topological polar surface area (TPSA) is 94.1 Å². The first kappa shape index (κ1) is 13.9. The van der Waals surface area contributed by atoms with Crippen LogP contribution in [0.4, 0.5) is 0 Å². The zero-order valence-electron chi connectivity index (χ0n) is 11.8. The number of carbonyl (C=O) groups excluding carboxylic acids is 1. The highest BCUT2D eigenvalue weighted by Gasteiger charge is 2.12. The molecule has 3 aromatic rings. The number of benzene rings is 1. The molecular weight excluding hydrogens is 286 g/mol. The van der Waals surface area contributed by atoms with Crippen LogP contribution < -0.4 is 5.69 Å². The van der Waals surface area contributed by atoms with Gasteiger partial charge in [-0.3, -0.25) is 9.36 Å². The molecule has 0 aliphatic rings. The van der Waals surface area contributed by atoms with Crippen molar-refractivity contribution in [1.82, 2.24) is 24.8 Å². The molecule has 2 heterocycles. The van der Waals surface area contributed by atoms with E-state index in [9.17, 15) is 9.59 Å². The number of hydrogen-bond acceptors (Lipinski definition) is 6. The fourth-order valence-electron chi connectivity index (χ4n) is 2.06. The average Bonchev–Trinajstić information content (AvgIpc) is 2.97. The summed E-state index contributed by atoms with van der Waals surface area (Å²) in [5.41, 5.74) is 1.76. The molecule has 1 aromatic carbocycles. The highest BCUT2D eigenvalue weighted by atomic mass is 16.6. The predicted molar refractivity (Wildman–Crippen MR) is 76.8 cm³/mol. The first-order chi connectivity index (χ1) is 10.6. The Morgan fingerprint density at radius 2 is 2.14 bits per heavy atom. The minimum Gasteiger partial charge on any atom is -0.340 e. The van der Waals surface area contributed by atoms with Crippen LogP contribution in [0.15, 0.2) is 46.1 Å². The Labute approximate surface area is 124 Å². The predicted octanol–water partition coefficient (Wildman–Crippen LogP) is 0.438. The van der Waals surface area contributed by atoms with E-state index < -0.39 is 5.69 Å². The van der Waals surface area contributed by atoms with E-state index in [0.717, 1.165) is 5.56 Å². The first-order valence-corrected chi connectivity index (χ1v) is 6.60. The molecule has 1 amide bonds. The molecular formula is C14H13N5O3. The van der Waals surface area contributed by atoms with Gasteiger partial charge in [0.2, 0.25) is 5.91 Å². The smallest absolute Gasteiger partial charge is 0.340 e. The molecule has 0 fully saturated rings. The van der Waals surface area contributed by atoms with Crippen LogP contribution in [-0.4, -0.2) is 37.7 Å². The molecule has 0 saturated heterocycles. The molecule has 0 spiro atoms. The third-order valence-electron chi connectivity index (χ3n) is 3.25. The largest absolute Gasteiger partial charge is 0.347 e. The van der Waals surface area contributed by atoms with Gasteiger partial charge in [0, 0.05) is 26.0 Å². The number of nitrogens with zero attached hydrogens (tertiary/aromatic N) is 5. The van der Waals surface area contributed by atoms with Crippen molar-refractivity contribution in [3.05, 3.63) is 52.7 Å². The summed E-state index contributed by atoms with van der Waals surface area (Å²) in [6, 6.07) is 7.06. The van der Waals surface area contributed by atoms with Crippen LogP contribution in [0.3, 0.4) is 0 Å². The van der Waals surface area contributed by atoms with Crippen molar-refractivity contribution in [2.24, 2.45) is 0 Å². The normalized spacial score (nSPS) is 10.8. The second-order valence-corrected chi connectivity index (χ2v) is 4.87. The van der Waals surface area contributed by atoms with Crippen LogP contribution in [0.25, 0.3) is 11.0 Å². The Morgan fingerprint density at radius 3 is 2.95 bits per heavy atom. The molecule has 0 unspecified atom stereocenters. The summed E-state index contributed by atoms with van der Waals surface area (Å²) in [4.78, 5) is 28.8. The second-order valence-electron chi connectivity index (χ2n) is 4.87. The van der Waals surface area contributed by atoms with E-state index in [1.165, 1.54) is 21.9 Å². The molecule has 0 bridgehead atoms. The Kier molecular flexibility index (Phi) is 3.65. The van der Waals surface area contributed by atoms with E-state index in [0.29, 0.717) is 17.6 Å². The van der Waals surface area contributed by atoms with Crippen LogP contribution >= 0.6 is 0 Å². The maximum Gasteiger partial charge on any atom is 0.347 e. The minimum absolute atomic E-state index is 0.0447. The van der Waals surface area contributed by atoms with Gasteiger partial charge in [-0.25, -0.2) is 14.4 Å². The van der Waals surface area contributed by atoms with Crippen LogP contribution in [0.5, 0.6) is 0 Å². The van der Waals surface area contributed by atoms with E-state index in [4.69, 9.17) is 0 Å². The van der Waals surface area contributed by atoms with E-state index in [1.54, 1.807) is 19.2 Å². The van der Waals surface area contributed by atoms with Gasteiger partial charge < -0.3 is 4.90 Å². The summed E-state index contributed by atoms with van der Waals surface area (Å²) in [5.74, 6) is -0.187.